The van der Waals surface area contributed by atoms with E-state index in [2.05, 4.69) is 5.10 Å². The standard InChI is InChI=1S/C18H18N2O5/c1-20(18(21)13-5-7-15-17(9-13)25-11-24-15)19-10-12-4-6-14(22-2)16(8-12)23-3/h4-10H,11H2,1-3H3/b19-10+. The minimum Gasteiger partial charge on any atom is -0.493 e. The first-order chi connectivity index (χ1) is 12.1. The molecule has 0 bridgehead atoms. The molecular formula is C18H18N2O5. The van der Waals surface area contributed by atoms with Crippen molar-refractivity contribution in [3.05, 3.63) is 47.5 Å². The minimum absolute atomic E-state index is 0.167. The maximum Gasteiger partial charge on any atom is 0.273 e. The normalized spacial score (nSPS) is 12.3. The zero-order valence-corrected chi connectivity index (χ0v) is 14.2. The monoisotopic (exact) mass is 342 g/mol. The number of hydrazone groups is 1. The summed E-state index contributed by atoms with van der Waals surface area (Å²) in [5.74, 6) is 2.16. The van der Waals surface area contributed by atoms with Gasteiger partial charge in [0.1, 0.15) is 0 Å². The lowest BCUT2D eigenvalue weighted by Crippen LogP contribution is -2.21. The molecule has 0 N–H and O–H groups in total. The molecule has 0 spiro atoms. The van der Waals surface area contributed by atoms with E-state index in [9.17, 15) is 4.79 Å². The Balaban J connectivity index is 1.74. The van der Waals surface area contributed by atoms with Crippen molar-refractivity contribution in [3.8, 4) is 23.0 Å². The minimum atomic E-state index is -0.255. The zero-order chi connectivity index (χ0) is 17.8. The lowest BCUT2D eigenvalue weighted by atomic mass is 10.2. The number of benzene rings is 2. The molecule has 0 aliphatic carbocycles. The second-order valence-electron chi connectivity index (χ2n) is 5.26. The molecule has 1 heterocycles. The van der Waals surface area contributed by atoms with Crippen molar-refractivity contribution >= 4 is 12.1 Å². The van der Waals surface area contributed by atoms with Crippen molar-refractivity contribution in [2.45, 2.75) is 0 Å². The van der Waals surface area contributed by atoms with Crippen molar-refractivity contribution in [3.63, 3.8) is 0 Å². The topological polar surface area (TPSA) is 69.6 Å². The van der Waals surface area contributed by atoms with E-state index in [-0.39, 0.29) is 12.7 Å². The third-order valence-corrected chi connectivity index (χ3v) is 3.70. The molecule has 25 heavy (non-hydrogen) atoms. The van der Waals surface area contributed by atoms with Gasteiger partial charge in [-0.2, -0.15) is 5.10 Å². The predicted molar refractivity (Wildman–Crippen MR) is 91.8 cm³/mol. The van der Waals surface area contributed by atoms with Gasteiger partial charge in [-0.15, -0.1) is 0 Å². The lowest BCUT2D eigenvalue weighted by Gasteiger charge is -2.12. The Morgan fingerprint density at radius 2 is 1.84 bits per heavy atom. The summed E-state index contributed by atoms with van der Waals surface area (Å²) < 4.78 is 21.0. The Morgan fingerprint density at radius 1 is 1.08 bits per heavy atom. The number of rotatable bonds is 5. The second-order valence-corrected chi connectivity index (χ2v) is 5.26. The van der Waals surface area contributed by atoms with Crippen molar-refractivity contribution < 1.29 is 23.7 Å². The quantitative estimate of drug-likeness (QED) is 0.617. The van der Waals surface area contributed by atoms with E-state index >= 15 is 0 Å². The molecule has 1 amide bonds. The molecule has 1 aliphatic heterocycles. The van der Waals surface area contributed by atoms with Gasteiger partial charge in [0.25, 0.3) is 5.91 Å². The molecule has 7 heteroatoms. The van der Waals surface area contributed by atoms with Gasteiger partial charge in [0.15, 0.2) is 23.0 Å². The summed E-state index contributed by atoms with van der Waals surface area (Å²) >= 11 is 0. The van der Waals surface area contributed by atoms with Crippen molar-refractivity contribution in [2.24, 2.45) is 5.10 Å². The molecule has 130 valence electrons. The van der Waals surface area contributed by atoms with Crippen molar-refractivity contribution in [1.29, 1.82) is 0 Å². The molecule has 0 unspecified atom stereocenters. The second kappa shape index (κ2) is 7.12. The summed E-state index contributed by atoms with van der Waals surface area (Å²) in [5.41, 5.74) is 1.25. The van der Waals surface area contributed by atoms with E-state index in [1.54, 1.807) is 57.8 Å². The number of hydrogen-bond donors (Lipinski definition) is 0. The molecule has 0 radical (unpaired) electrons. The first-order valence-electron chi connectivity index (χ1n) is 7.56. The molecule has 0 saturated heterocycles. The number of methoxy groups -OCH3 is 2. The number of nitrogens with zero attached hydrogens (tertiary/aromatic N) is 2. The summed E-state index contributed by atoms with van der Waals surface area (Å²) in [6.45, 7) is 0.167. The van der Waals surface area contributed by atoms with Crippen LogP contribution >= 0.6 is 0 Å². The van der Waals surface area contributed by atoms with E-state index in [1.807, 2.05) is 6.07 Å². The third kappa shape index (κ3) is 3.50. The summed E-state index contributed by atoms with van der Waals surface area (Å²) in [6.07, 6.45) is 1.58. The number of amides is 1. The molecule has 2 aromatic carbocycles. The van der Waals surface area contributed by atoms with Crippen LogP contribution in [0, 0.1) is 0 Å². The van der Waals surface area contributed by atoms with Crippen LogP contribution < -0.4 is 18.9 Å². The number of carbonyl (C=O) groups excluding carboxylic acids is 1. The Labute approximate surface area is 145 Å². The smallest absolute Gasteiger partial charge is 0.273 e. The first kappa shape index (κ1) is 16.6. The van der Waals surface area contributed by atoms with Gasteiger partial charge in [-0.05, 0) is 42.0 Å². The van der Waals surface area contributed by atoms with Crippen LogP contribution in [0.1, 0.15) is 15.9 Å². The third-order valence-electron chi connectivity index (χ3n) is 3.70. The van der Waals surface area contributed by atoms with Crippen LogP contribution in [0.15, 0.2) is 41.5 Å². The highest BCUT2D eigenvalue weighted by atomic mass is 16.7. The maximum absolute atomic E-state index is 12.5. The fourth-order valence-corrected chi connectivity index (χ4v) is 2.36. The van der Waals surface area contributed by atoms with Crippen LogP contribution in [-0.2, 0) is 0 Å². The van der Waals surface area contributed by atoms with Crippen LogP contribution in [0.2, 0.25) is 0 Å². The van der Waals surface area contributed by atoms with Crippen molar-refractivity contribution in [2.75, 3.05) is 28.1 Å². The molecule has 0 fully saturated rings. The SMILES string of the molecule is COc1ccc(/C=N/N(C)C(=O)c2ccc3c(c2)OCO3)cc1OC. The zero-order valence-electron chi connectivity index (χ0n) is 14.2. The van der Waals surface area contributed by atoms with Crippen LogP contribution in [0.4, 0.5) is 0 Å². The summed E-state index contributed by atoms with van der Waals surface area (Å²) in [7, 11) is 4.72. The van der Waals surface area contributed by atoms with Crippen LogP contribution in [0.5, 0.6) is 23.0 Å². The molecule has 2 aromatic rings. The number of carbonyl (C=O) groups is 1. The van der Waals surface area contributed by atoms with Gasteiger partial charge < -0.3 is 18.9 Å². The van der Waals surface area contributed by atoms with E-state index in [0.29, 0.717) is 28.6 Å². The summed E-state index contributed by atoms with van der Waals surface area (Å²) in [6, 6.07) is 10.4. The summed E-state index contributed by atoms with van der Waals surface area (Å²) in [4.78, 5) is 12.5. The fraction of sp³-hybridized carbons (Fsp3) is 0.222. The molecule has 0 aromatic heterocycles. The van der Waals surface area contributed by atoms with Crippen LogP contribution in [0.25, 0.3) is 0 Å². The Kier molecular flexibility index (Phi) is 4.74. The first-order valence-corrected chi connectivity index (χ1v) is 7.56. The molecule has 3 rings (SSSR count). The largest absolute Gasteiger partial charge is 0.493 e. The molecule has 0 saturated carbocycles. The van der Waals surface area contributed by atoms with Gasteiger partial charge >= 0.3 is 0 Å². The highest BCUT2D eigenvalue weighted by Gasteiger charge is 2.18. The van der Waals surface area contributed by atoms with Gasteiger partial charge in [-0.25, -0.2) is 5.01 Å². The lowest BCUT2D eigenvalue weighted by molar-refractivity contribution is 0.0800. The Hall–Kier alpha value is -3.22. The predicted octanol–water partition coefficient (Wildman–Crippen LogP) is 2.54. The molecule has 0 atom stereocenters. The van der Waals surface area contributed by atoms with E-state index in [0.717, 1.165) is 5.56 Å². The van der Waals surface area contributed by atoms with Gasteiger partial charge in [-0.1, -0.05) is 0 Å². The fourth-order valence-electron chi connectivity index (χ4n) is 2.36. The highest BCUT2D eigenvalue weighted by Crippen LogP contribution is 2.32. The van der Waals surface area contributed by atoms with E-state index < -0.39 is 0 Å². The van der Waals surface area contributed by atoms with Gasteiger partial charge in [0, 0.05) is 12.6 Å². The summed E-state index contributed by atoms with van der Waals surface area (Å²) in [5, 5.41) is 5.44. The van der Waals surface area contributed by atoms with Gasteiger partial charge in [0.2, 0.25) is 6.79 Å². The number of ether oxygens (including phenoxy) is 4. The molecular weight excluding hydrogens is 324 g/mol. The van der Waals surface area contributed by atoms with Gasteiger partial charge in [-0.3, -0.25) is 4.79 Å². The number of hydrogen-bond acceptors (Lipinski definition) is 6. The highest BCUT2D eigenvalue weighted by molar-refractivity contribution is 5.95. The average Bonchev–Trinajstić information content (AvgIpc) is 3.12. The Bertz CT molecular complexity index is 819. The van der Waals surface area contributed by atoms with Crippen LogP contribution in [0.3, 0.4) is 0 Å². The maximum atomic E-state index is 12.5. The van der Waals surface area contributed by atoms with Crippen molar-refractivity contribution in [1.82, 2.24) is 5.01 Å². The Morgan fingerprint density at radius 3 is 2.60 bits per heavy atom. The molecule has 1 aliphatic rings. The molecule has 7 nitrogen and oxygen atoms in total. The van der Waals surface area contributed by atoms with Crippen LogP contribution in [-0.4, -0.2) is 45.2 Å². The van der Waals surface area contributed by atoms with Gasteiger partial charge in [0.05, 0.1) is 20.4 Å². The average molecular weight is 342 g/mol. The number of fused-ring (bicyclic) bond motifs is 1. The van der Waals surface area contributed by atoms with E-state index in [4.69, 9.17) is 18.9 Å². The van der Waals surface area contributed by atoms with E-state index in [1.165, 1.54) is 5.01 Å².